The summed E-state index contributed by atoms with van der Waals surface area (Å²) in [6.07, 6.45) is 4.50. The molecule has 0 aromatic carbocycles. The first-order chi connectivity index (χ1) is 7.36. The predicted molar refractivity (Wildman–Crippen MR) is 69.6 cm³/mol. The van der Waals surface area contributed by atoms with E-state index >= 15 is 0 Å². The average Bonchev–Trinajstić information content (AvgIpc) is 2.31. The summed E-state index contributed by atoms with van der Waals surface area (Å²) in [4.78, 5) is 4.15. The normalized spacial score (nSPS) is 18.6. The fraction of sp³-hybridized carbons (Fsp3) is 0.727. The molecule has 0 bridgehead atoms. The third kappa shape index (κ3) is 5.11. The van der Waals surface area contributed by atoms with Crippen LogP contribution in [-0.2, 0) is 0 Å². The fourth-order valence-corrected chi connectivity index (χ4v) is 2.79. The summed E-state index contributed by atoms with van der Waals surface area (Å²) in [6.45, 7) is 5.47. The minimum atomic E-state index is 0.764. The van der Waals surface area contributed by atoms with Crippen molar-refractivity contribution >= 4 is 17.7 Å². The standard InChI is InChI=1S/C11H21N3S/c1-3-6-13-11(12-2)14-9-10-4-7-15-8-5-10/h3,10H,1,4-9H2,2H3,(H2,12,13,14). The van der Waals surface area contributed by atoms with Gasteiger partial charge in [0.2, 0.25) is 0 Å². The van der Waals surface area contributed by atoms with Gasteiger partial charge in [-0.2, -0.15) is 11.8 Å². The van der Waals surface area contributed by atoms with E-state index in [4.69, 9.17) is 0 Å². The molecule has 0 aromatic rings. The van der Waals surface area contributed by atoms with Crippen molar-refractivity contribution in [1.82, 2.24) is 10.6 Å². The van der Waals surface area contributed by atoms with Gasteiger partial charge < -0.3 is 10.6 Å². The van der Waals surface area contributed by atoms with Gasteiger partial charge in [0.1, 0.15) is 0 Å². The maximum absolute atomic E-state index is 4.15. The van der Waals surface area contributed by atoms with Crippen LogP contribution in [0.25, 0.3) is 0 Å². The van der Waals surface area contributed by atoms with Gasteiger partial charge in [-0.15, -0.1) is 6.58 Å². The second-order valence-corrected chi connectivity index (χ2v) is 4.90. The number of rotatable bonds is 4. The SMILES string of the molecule is C=CCNC(=NC)NCC1CCSCC1. The van der Waals surface area contributed by atoms with Crippen molar-refractivity contribution in [2.24, 2.45) is 10.9 Å². The lowest BCUT2D eigenvalue weighted by molar-refractivity contribution is 0.479. The number of hydrogen-bond donors (Lipinski definition) is 2. The number of thioether (sulfide) groups is 1. The van der Waals surface area contributed by atoms with E-state index in [1.807, 2.05) is 6.08 Å². The van der Waals surface area contributed by atoms with Crippen molar-refractivity contribution in [1.29, 1.82) is 0 Å². The second-order valence-electron chi connectivity index (χ2n) is 3.68. The summed E-state index contributed by atoms with van der Waals surface area (Å²) >= 11 is 2.07. The molecule has 1 saturated heterocycles. The third-order valence-electron chi connectivity index (χ3n) is 2.54. The van der Waals surface area contributed by atoms with Crippen molar-refractivity contribution in [2.75, 3.05) is 31.6 Å². The van der Waals surface area contributed by atoms with Crippen molar-refractivity contribution in [3.8, 4) is 0 Å². The Hall–Kier alpha value is -0.640. The van der Waals surface area contributed by atoms with Gasteiger partial charge in [-0.3, -0.25) is 4.99 Å². The molecule has 15 heavy (non-hydrogen) atoms. The van der Waals surface area contributed by atoms with Crippen molar-refractivity contribution in [2.45, 2.75) is 12.8 Å². The molecule has 0 aliphatic carbocycles. The summed E-state index contributed by atoms with van der Waals surface area (Å²) in [5.41, 5.74) is 0. The molecule has 4 heteroatoms. The Kier molecular flexibility index (Phi) is 6.32. The van der Waals surface area contributed by atoms with Crippen LogP contribution < -0.4 is 10.6 Å². The highest BCUT2D eigenvalue weighted by molar-refractivity contribution is 7.99. The van der Waals surface area contributed by atoms with E-state index in [0.29, 0.717) is 0 Å². The highest BCUT2D eigenvalue weighted by Gasteiger charge is 2.13. The van der Waals surface area contributed by atoms with Crippen LogP contribution in [0.3, 0.4) is 0 Å². The Morgan fingerprint density at radius 2 is 2.20 bits per heavy atom. The number of nitrogens with one attached hydrogen (secondary N) is 2. The van der Waals surface area contributed by atoms with Gasteiger partial charge in [-0.05, 0) is 30.3 Å². The number of nitrogens with zero attached hydrogens (tertiary/aromatic N) is 1. The molecule has 0 amide bonds. The molecule has 0 unspecified atom stereocenters. The van der Waals surface area contributed by atoms with Crippen LogP contribution in [0.15, 0.2) is 17.6 Å². The molecule has 0 aromatic heterocycles. The van der Waals surface area contributed by atoms with E-state index in [0.717, 1.165) is 25.0 Å². The molecule has 0 atom stereocenters. The molecule has 2 N–H and O–H groups in total. The van der Waals surface area contributed by atoms with Gasteiger partial charge in [-0.25, -0.2) is 0 Å². The van der Waals surface area contributed by atoms with Gasteiger partial charge >= 0.3 is 0 Å². The number of hydrogen-bond acceptors (Lipinski definition) is 2. The minimum Gasteiger partial charge on any atom is -0.356 e. The van der Waals surface area contributed by atoms with Gasteiger partial charge in [0.25, 0.3) is 0 Å². The zero-order valence-corrected chi connectivity index (χ0v) is 10.3. The van der Waals surface area contributed by atoms with Crippen molar-refractivity contribution in [3.63, 3.8) is 0 Å². The summed E-state index contributed by atoms with van der Waals surface area (Å²) in [5, 5.41) is 6.53. The molecule has 86 valence electrons. The first-order valence-electron chi connectivity index (χ1n) is 5.50. The molecular formula is C11H21N3S. The van der Waals surface area contributed by atoms with Crippen LogP contribution in [0.2, 0.25) is 0 Å². The molecule has 1 fully saturated rings. The van der Waals surface area contributed by atoms with Crippen LogP contribution in [0.5, 0.6) is 0 Å². The van der Waals surface area contributed by atoms with Crippen LogP contribution in [0.1, 0.15) is 12.8 Å². The van der Waals surface area contributed by atoms with Crippen molar-refractivity contribution < 1.29 is 0 Å². The highest BCUT2D eigenvalue weighted by atomic mass is 32.2. The smallest absolute Gasteiger partial charge is 0.191 e. The van der Waals surface area contributed by atoms with E-state index < -0.39 is 0 Å². The van der Waals surface area contributed by atoms with Gasteiger partial charge in [0.15, 0.2) is 5.96 Å². The lowest BCUT2D eigenvalue weighted by atomic mass is 10.0. The molecule has 0 radical (unpaired) electrons. The second kappa shape index (κ2) is 7.63. The van der Waals surface area contributed by atoms with E-state index in [2.05, 4.69) is 34.0 Å². The molecule has 3 nitrogen and oxygen atoms in total. The summed E-state index contributed by atoms with van der Waals surface area (Å²) in [7, 11) is 1.80. The average molecular weight is 227 g/mol. The minimum absolute atomic E-state index is 0.764. The number of aliphatic imine (C=N–C) groups is 1. The molecule has 1 rings (SSSR count). The van der Waals surface area contributed by atoms with Crippen molar-refractivity contribution in [3.05, 3.63) is 12.7 Å². The monoisotopic (exact) mass is 227 g/mol. The fourth-order valence-electron chi connectivity index (χ4n) is 1.58. The molecule has 0 spiro atoms. The predicted octanol–water partition coefficient (Wildman–Crippen LogP) is 1.48. The largest absolute Gasteiger partial charge is 0.356 e. The Balaban J connectivity index is 2.18. The van der Waals surface area contributed by atoms with E-state index in [9.17, 15) is 0 Å². The zero-order valence-electron chi connectivity index (χ0n) is 9.46. The third-order valence-corrected chi connectivity index (χ3v) is 3.59. The first kappa shape index (κ1) is 12.4. The zero-order chi connectivity index (χ0) is 10.9. The Bertz CT molecular complexity index is 210. The molecule has 0 saturated carbocycles. The van der Waals surface area contributed by atoms with Crippen LogP contribution >= 0.6 is 11.8 Å². The van der Waals surface area contributed by atoms with E-state index in [1.54, 1.807) is 7.05 Å². The highest BCUT2D eigenvalue weighted by Crippen LogP contribution is 2.21. The van der Waals surface area contributed by atoms with Gasteiger partial charge in [0.05, 0.1) is 0 Å². The first-order valence-corrected chi connectivity index (χ1v) is 6.65. The molecule has 1 heterocycles. The lowest BCUT2D eigenvalue weighted by Gasteiger charge is -2.22. The Morgan fingerprint density at radius 3 is 2.80 bits per heavy atom. The van der Waals surface area contributed by atoms with E-state index in [-0.39, 0.29) is 0 Å². The summed E-state index contributed by atoms with van der Waals surface area (Å²) in [5.74, 6) is 4.32. The maximum Gasteiger partial charge on any atom is 0.191 e. The summed E-state index contributed by atoms with van der Waals surface area (Å²) < 4.78 is 0. The topological polar surface area (TPSA) is 36.4 Å². The van der Waals surface area contributed by atoms with Gasteiger partial charge in [-0.1, -0.05) is 6.08 Å². The molecule has 1 aliphatic heterocycles. The van der Waals surface area contributed by atoms with Crippen LogP contribution in [0.4, 0.5) is 0 Å². The maximum atomic E-state index is 4.15. The van der Waals surface area contributed by atoms with E-state index in [1.165, 1.54) is 24.3 Å². The van der Waals surface area contributed by atoms with Gasteiger partial charge in [0, 0.05) is 20.1 Å². The van der Waals surface area contributed by atoms with Crippen LogP contribution in [0, 0.1) is 5.92 Å². The Morgan fingerprint density at radius 1 is 1.47 bits per heavy atom. The quantitative estimate of drug-likeness (QED) is 0.434. The lowest BCUT2D eigenvalue weighted by Crippen LogP contribution is -2.40. The van der Waals surface area contributed by atoms with Crippen LogP contribution in [-0.4, -0.2) is 37.6 Å². The summed E-state index contributed by atoms with van der Waals surface area (Å²) in [6, 6.07) is 0. The molecule has 1 aliphatic rings. The number of guanidine groups is 1. The Labute approximate surface area is 96.8 Å². The molecular weight excluding hydrogens is 206 g/mol.